The number of likely N-dealkylation sites (tertiary alicyclic amines) is 1. The van der Waals surface area contributed by atoms with Crippen molar-refractivity contribution in [3.05, 3.63) is 35.6 Å². The van der Waals surface area contributed by atoms with Gasteiger partial charge in [0.25, 0.3) is 0 Å². The minimum absolute atomic E-state index is 0.322. The van der Waals surface area contributed by atoms with E-state index in [2.05, 4.69) is 4.90 Å². The monoisotopic (exact) mass is 273 g/mol. The molecule has 0 aliphatic carbocycles. The summed E-state index contributed by atoms with van der Waals surface area (Å²) in [5.74, 6) is -0.0486. The molecule has 1 aliphatic rings. The minimum atomic E-state index is -0.371. The summed E-state index contributed by atoms with van der Waals surface area (Å²) >= 11 is 0. The number of nitrogens with zero attached hydrogens (tertiary/aromatic N) is 1. The number of para-hydroxylation sites is 1. The van der Waals surface area contributed by atoms with E-state index in [1.165, 1.54) is 19.3 Å². The Kier molecular flexibility index (Phi) is 3.74. The molecule has 0 atom stereocenters. The van der Waals surface area contributed by atoms with Gasteiger partial charge in [-0.1, -0.05) is 24.6 Å². The van der Waals surface area contributed by atoms with E-state index in [9.17, 15) is 4.79 Å². The summed E-state index contributed by atoms with van der Waals surface area (Å²) in [7, 11) is 0. The average Bonchev–Trinajstić information content (AvgIpc) is 2.84. The highest BCUT2D eigenvalue weighted by molar-refractivity contribution is 5.95. The van der Waals surface area contributed by atoms with E-state index in [1.54, 1.807) is 0 Å². The predicted octanol–water partition coefficient (Wildman–Crippen LogP) is 3.34. The zero-order valence-electron chi connectivity index (χ0n) is 11.7. The molecule has 1 saturated heterocycles. The van der Waals surface area contributed by atoms with E-state index in [1.807, 2.05) is 31.2 Å². The molecule has 0 amide bonds. The molecule has 2 heterocycles. The number of hydrogen-bond donors (Lipinski definition) is 0. The molecule has 1 aliphatic heterocycles. The fourth-order valence-corrected chi connectivity index (χ4v) is 2.67. The number of hydrogen-bond acceptors (Lipinski definition) is 4. The molecule has 20 heavy (non-hydrogen) atoms. The summed E-state index contributed by atoms with van der Waals surface area (Å²) in [5, 5.41) is 0.970. The fourth-order valence-electron chi connectivity index (χ4n) is 2.67. The number of piperidine rings is 1. The second-order valence-corrected chi connectivity index (χ2v) is 5.29. The summed E-state index contributed by atoms with van der Waals surface area (Å²) < 4.78 is 11.0. The van der Waals surface area contributed by atoms with Crippen LogP contribution in [0.15, 0.2) is 28.7 Å². The predicted molar refractivity (Wildman–Crippen MR) is 76.7 cm³/mol. The van der Waals surface area contributed by atoms with Gasteiger partial charge in [0.2, 0.25) is 5.76 Å². The van der Waals surface area contributed by atoms with Crippen molar-refractivity contribution >= 4 is 16.9 Å². The average molecular weight is 273 g/mol. The third-order valence-corrected chi connectivity index (χ3v) is 3.86. The molecule has 106 valence electrons. The van der Waals surface area contributed by atoms with Gasteiger partial charge in [-0.15, -0.1) is 0 Å². The molecule has 1 aromatic heterocycles. The van der Waals surface area contributed by atoms with Gasteiger partial charge in [0.05, 0.1) is 0 Å². The van der Waals surface area contributed by atoms with Gasteiger partial charge < -0.3 is 9.15 Å². The number of furan rings is 1. The Labute approximate surface area is 118 Å². The van der Waals surface area contributed by atoms with Crippen LogP contribution in [0.2, 0.25) is 0 Å². The lowest BCUT2D eigenvalue weighted by Crippen LogP contribution is -2.32. The van der Waals surface area contributed by atoms with Crippen molar-refractivity contribution in [3.8, 4) is 0 Å². The van der Waals surface area contributed by atoms with Crippen LogP contribution in [0.25, 0.3) is 11.0 Å². The van der Waals surface area contributed by atoms with Crippen LogP contribution in [0, 0.1) is 6.92 Å². The lowest BCUT2D eigenvalue weighted by Gasteiger charge is -2.25. The first kappa shape index (κ1) is 13.2. The van der Waals surface area contributed by atoms with Crippen LogP contribution in [0.5, 0.6) is 0 Å². The normalized spacial score (nSPS) is 16.4. The quantitative estimate of drug-likeness (QED) is 0.804. The summed E-state index contributed by atoms with van der Waals surface area (Å²) in [6.07, 6.45) is 3.63. The van der Waals surface area contributed by atoms with Gasteiger partial charge in [-0.05, 0) is 25.8 Å². The Bertz CT molecular complexity index is 611. The maximum Gasteiger partial charge on any atom is 0.375 e. The molecule has 4 heteroatoms. The molecule has 0 N–H and O–H groups in total. The smallest absolute Gasteiger partial charge is 0.375 e. The first-order valence-electron chi connectivity index (χ1n) is 7.13. The first-order chi connectivity index (χ1) is 9.75. The number of ether oxygens (including phenoxy) is 1. The van der Waals surface area contributed by atoms with E-state index < -0.39 is 0 Å². The van der Waals surface area contributed by atoms with Crippen molar-refractivity contribution in [2.24, 2.45) is 0 Å². The third-order valence-electron chi connectivity index (χ3n) is 3.86. The second-order valence-electron chi connectivity index (χ2n) is 5.29. The van der Waals surface area contributed by atoms with Gasteiger partial charge >= 0.3 is 5.97 Å². The van der Waals surface area contributed by atoms with Crippen LogP contribution in [0.3, 0.4) is 0 Å². The standard InChI is InChI=1S/C16H19NO3/c1-12-13-7-3-4-8-14(13)20-15(12)16(18)19-11-17-9-5-2-6-10-17/h3-4,7-8H,2,5-6,9-11H2,1H3. The molecular weight excluding hydrogens is 254 g/mol. The minimum Gasteiger partial charge on any atom is -0.449 e. The lowest BCUT2D eigenvalue weighted by molar-refractivity contribution is 0.0142. The van der Waals surface area contributed by atoms with Crippen molar-refractivity contribution in [3.63, 3.8) is 0 Å². The molecule has 1 fully saturated rings. The van der Waals surface area contributed by atoms with E-state index in [-0.39, 0.29) is 5.97 Å². The van der Waals surface area contributed by atoms with Gasteiger partial charge in [-0.25, -0.2) is 4.79 Å². The molecule has 0 bridgehead atoms. The fraction of sp³-hybridized carbons (Fsp3) is 0.438. The van der Waals surface area contributed by atoms with Crippen LogP contribution in [0.1, 0.15) is 35.4 Å². The molecule has 0 unspecified atom stereocenters. The number of fused-ring (bicyclic) bond motifs is 1. The summed E-state index contributed by atoms with van der Waals surface area (Å²) in [6.45, 7) is 4.26. The molecule has 0 spiro atoms. The van der Waals surface area contributed by atoms with E-state index in [0.717, 1.165) is 29.6 Å². The Morgan fingerprint density at radius 1 is 1.25 bits per heavy atom. The van der Waals surface area contributed by atoms with Crippen molar-refractivity contribution in [1.29, 1.82) is 0 Å². The van der Waals surface area contributed by atoms with Crippen LogP contribution in [-0.4, -0.2) is 30.7 Å². The Morgan fingerprint density at radius 3 is 2.75 bits per heavy atom. The van der Waals surface area contributed by atoms with E-state index >= 15 is 0 Å². The second kappa shape index (κ2) is 5.67. The van der Waals surface area contributed by atoms with Crippen LogP contribution >= 0.6 is 0 Å². The van der Waals surface area contributed by atoms with Crippen LogP contribution in [0.4, 0.5) is 0 Å². The maximum atomic E-state index is 12.1. The van der Waals surface area contributed by atoms with Gasteiger partial charge in [-0.3, -0.25) is 4.90 Å². The SMILES string of the molecule is Cc1c(C(=O)OCN2CCCCC2)oc2ccccc12. The van der Waals surface area contributed by atoms with Crippen molar-refractivity contribution < 1.29 is 13.9 Å². The number of benzene rings is 1. The third kappa shape index (κ3) is 2.56. The lowest BCUT2D eigenvalue weighted by atomic mass is 10.1. The molecule has 0 radical (unpaired) electrons. The van der Waals surface area contributed by atoms with Gasteiger partial charge in [0.15, 0.2) is 0 Å². The molecule has 4 nitrogen and oxygen atoms in total. The first-order valence-corrected chi connectivity index (χ1v) is 7.13. The van der Waals surface area contributed by atoms with E-state index in [4.69, 9.17) is 9.15 Å². The Morgan fingerprint density at radius 2 is 2.00 bits per heavy atom. The molecular formula is C16H19NO3. The largest absolute Gasteiger partial charge is 0.449 e. The van der Waals surface area contributed by atoms with Crippen LogP contribution in [-0.2, 0) is 4.74 Å². The number of carbonyl (C=O) groups is 1. The molecule has 2 aromatic rings. The Hall–Kier alpha value is -1.81. The van der Waals surface area contributed by atoms with Gasteiger partial charge in [-0.2, -0.15) is 0 Å². The molecule has 0 saturated carbocycles. The van der Waals surface area contributed by atoms with Crippen molar-refractivity contribution in [2.45, 2.75) is 26.2 Å². The number of carbonyl (C=O) groups excluding carboxylic acids is 1. The highest BCUT2D eigenvalue weighted by Gasteiger charge is 2.20. The highest BCUT2D eigenvalue weighted by atomic mass is 16.6. The highest BCUT2D eigenvalue weighted by Crippen LogP contribution is 2.25. The Balaban J connectivity index is 1.70. The summed E-state index contributed by atoms with van der Waals surface area (Å²) in [6, 6.07) is 7.65. The zero-order valence-corrected chi connectivity index (χ0v) is 11.7. The van der Waals surface area contributed by atoms with Crippen LogP contribution < -0.4 is 0 Å². The van der Waals surface area contributed by atoms with Gasteiger partial charge in [0, 0.05) is 24.0 Å². The summed E-state index contributed by atoms with van der Waals surface area (Å²) in [4.78, 5) is 14.3. The molecule has 3 rings (SSSR count). The molecule has 1 aromatic carbocycles. The number of esters is 1. The zero-order chi connectivity index (χ0) is 13.9. The maximum absolute atomic E-state index is 12.1. The van der Waals surface area contributed by atoms with E-state index in [0.29, 0.717) is 12.5 Å². The topological polar surface area (TPSA) is 42.7 Å². The van der Waals surface area contributed by atoms with Crippen molar-refractivity contribution in [2.75, 3.05) is 19.8 Å². The number of rotatable bonds is 3. The van der Waals surface area contributed by atoms with Gasteiger partial charge in [0.1, 0.15) is 12.3 Å². The van der Waals surface area contributed by atoms with Crippen molar-refractivity contribution in [1.82, 2.24) is 4.90 Å². The number of aryl methyl sites for hydroxylation is 1. The summed E-state index contributed by atoms with van der Waals surface area (Å²) in [5.41, 5.74) is 1.58.